The van der Waals surface area contributed by atoms with Crippen LogP contribution < -0.4 is 4.90 Å². The summed E-state index contributed by atoms with van der Waals surface area (Å²) in [6.07, 6.45) is 0.739. The monoisotopic (exact) mass is 405 g/mol. The van der Waals surface area contributed by atoms with E-state index in [9.17, 15) is 4.79 Å². The number of carbonyl (C=O) groups is 1. The summed E-state index contributed by atoms with van der Waals surface area (Å²) in [5.41, 5.74) is 4.25. The largest absolute Gasteiger partial charge is 0.281 e. The van der Waals surface area contributed by atoms with Gasteiger partial charge in [0, 0.05) is 23.2 Å². The Bertz CT molecular complexity index is 1000. The quantitative estimate of drug-likeness (QED) is 0.318. The maximum Gasteiger partial charge on any atom is 0.234 e. The molecule has 4 aromatic rings. The predicted octanol–water partition coefficient (Wildman–Crippen LogP) is 7.21. The van der Waals surface area contributed by atoms with Gasteiger partial charge in [0.15, 0.2) is 0 Å². The molecular weight excluding hydrogens is 378 g/mol. The molecule has 0 aliphatic heterocycles. The van der Waals surface area contributed by atoms with E-state index in [1.54, 1.807) is 0 Å². The maximum atomic E-state index is 13.8. The number of hydrogen-bond acceptors (Lipinski definition) is 1. The van der Waals surface area contributed by atoms with E-state index in [4.69, 9.17) is 0 Å². The number of nitrogens with zero attached hydrogens (tertiary/aromatic N) is 1. The molecule has 0 fully saturated rings. The second-order valence-electron chi connectivity index (χ2n) is 7.86. The number of para-hydroxylation sites is 2. The van der Waals surface area contributed by atoms with Gasteiger partial charge in [-0.25, -0.2) is 0 Å². The van der Waals surface area contributed by atoms with Crippen molar-refractivity contribution in [2.24, 2.45) is 5.92 Å². The predicted molar refractivity (Wildman–Crippen MR) is 129 cm³/mol. The first-order chi connectivity index (χ1) is 15.2. The van der Waals surface area contributed by atoms with Crippen LogP contribution in [0.25, 0.3) is 0 Å². The lowest BCUT2D eigenvalue weighted by atomic mass is 9.83. The van der Waals surface area contributed by atoms with E-state index >= 15 is 0 Å². The number of rotatable bonds is 7. The molecule has 1 unspecified atom stereocenters. The lowest BCUT2D eigenvalue weighted by molar-refractivity contribution is -0.121. The Labute approximate surface area is 184 Å². The molecule has 0 saturated heterocycles. The summed E-state index contributed by atoms with van der Waals surface area (Å²) >= 11 is 0. The van der Waals surface area contributed by atoms with Crippen molar-refractivity contribution in [3.8, 4) is 0 Å². The average molecular weight is 406 g/mol. The molecule has 0 bridgehead atoms. The molecular formula is C29H27NO. The van der Waals surface area contributed by atoms with Gasteiger partial charge in [0.05, 0.1) is 0 Å². The van der Waals surface area contributed by atoms with Gasteiger partial charge in [-0.1, -0.05) is 104 Å². The maximum absolute atomic E-state index is 13.8. The molecule has 154 valence electrons. The van der Waals surface area contributed by atoms with E-state index in [-0.39, 0.29) is 17.7 Å². The van der Waals surface area contributed by atoms with E-state index in [0.717, 1.165) is 17.8 Å². The molecule has 31 heavy (non-hydrogen) atoms. The molecule has 0 aromatic heterocycles. The molecule has 1 amide bonds. The number of amides is 1. The van der Waals surface area contributed by atoms with Gasteiger partial charge >= 0.3 is 0 Å². The van der Waals surface area contributed by atoms with Crippen LogP contribution in [0.4, 0.5) is 11.4 Å². The van der Waals surface area contributed by atoms with Gasteiger partial charge in [0.25, 0.3) is 0 Å². The molecule has 1 atom stereocenters. The zero-order valence-corrected chi connectivity index (χ0v) is 17.8. The number of carbonyl (C=O) groups excluding carboxylic acids is 1. The first kappa shape index (κ1) is 20.6. The van der Waals surface area contributed by atoms with E-state index in [1.165, 1.54) is 11.1 Å². The van der Waals surface area contributed by atoms with Crippen molar-refractivity contribution in [2.45, 2.75) is 19.3 Å². The highest BCUT2D eigenvalue weighted by molar-refractivity contribution is 6.01. The number of anilines is 2. The summed E-state index contributed by atoms with van der Waals surface area (Å²) in [4.78, 5) is 15.6. The van der Waals surface area contributed by atoms with Crippen LogP contribution in [-0.2, 0) is 4.79 Å². The van der Waals surface area contributed by atoms with Crippen LogP contribution in [-0.4, -0.2) is 5.91 Å². The summed E-state index contributed by atoms with van der Waals surface area (Å²) in [6, 6.07) is 40.7. The van der Waals surface area contributed by atoms with Crippen molar-refractivity contribution in [2.75, 3.05) is 4.90 Å². The van der Waals surface area contributed by atoms with Crippen molar-refractivity contribution in [1.82, 2.24) is 0 Å². The smallest absolute Gasteiger partial charge is 0.234 e. The molecule has 2 nitrogen and oxygen atoms in total. The van der Waals surface area contributed by atoms with Crippen molar-refractivity contribution in [3.63, 3.8) is 0 Å². The highest BCUT2D eigenvalue weighted by atomic mass is 16.2. The minimum Gasteiger partial charge on any atom is -0.281 e. The van der Waals surface area contributed by atoms with Crippen LogP contribution in [0.2, 0.25) is 0 Å². The van der Waals surface area contributed by atoms with Crippen LogP contribution in [0.5, 0.6) is 0 Å². The van der Waals surface area contributed by atoms with Gasteiger partial charge in [0.2, 0.25) is 5.91 Å². The van der Waals surface area contributed by atoms with E-state index in [0.29, 0.717) is 0 Å². The van der Waals surface area contributed by atoms with Gasteiger partial charge in [-0.15, -0.1) is 0 Å². The van der Waals surface area contributed by atoms with Crippen LogP contribution in [0.1, 0.15) is 30.4 Å². The summed E-state index contributed by atoms with van der Waals surface area (Å²) < 4.78 is 0. The zero-order valence-electron chi connectivity index (χ0n) is 17.8. The fraction of sp³-hybridized carbons (Fsp3) is 0.138. The standard InChI is InChI=1S/C29H27NO/c1-23(22-28(24-14-6-2-7-15-24)25-16-8-3-9-17-25)29(31)30(26-18-10-4-11-19-26)27-20-12-5-13-21-27/h2-21,23,28H,22H2,1H3. The Morgan fingerprint density at radius 1 is 0.613 bits per heavy atom. The third-order valence-electron chi connectivity index (χ3n) is 5.66. The first-order valence-corrected chi connectivity index (χ1v) is 10.8. The molecule has 0 spiro atoms. The second-order valence-corrected chi connectivity index (χ2v) is 7.86. The minimum absolute atomic E-state index is 0.106. The first-order valence-electron chi connectivity index (χ1n) is 10.8. The van der Waals surface area contributed by atoms with Crippen molar-refractivity contribution in [1.29, 1.82) is 0 Å². The Hall–Kier alpha value is -3.65. The Balaban J connectivity index is 1.66. The summed E-state index contributed by atoms with van der Waals surface area (Å²) in [5.74, 6) is 0.106. The van der Waals surface area contributed by atoms with Crippen molar-refractivity contribution in [3.05, 3.63) is 132 Å². The number of benzene rings is 4. The molecule has 0 saturated carbocycles. The third kappa shape index (κ3) is 4.92. The SMILES string of the molecule is CC(CC(c1ccccc1)c1ccccc1)C(=O)N(c1ccccc1)c1ccccc1. The van der Waals surface area contributed by atoms with Gasteiger partial charge in [-0.05, 0) is 41.8 Å². The molecule has 0 N–H and O–H groups in total. The highest BCUT2D eigenvalue weighted by Gasteiger charge is 2.27. The number of hydrogen-bond donors (Lipinski definition) is 0. The molecule has 2 heteroatoms. The topological polar surface area (TPSA) is 20.3 Å². The Morgan fingerprint density at radius 2 is 0.968 bits per heavy atom. The Morgan fingerprint density at radius 3 is 1.35 bits per heavy atom. The summed E-state index contributed by atoms with van der Waals surface area (Å²) in [7, 11) is 0. The third-order valence-corrected chi connectivity index (χ3v) is 5.66. The summed E-state index contributed by atoms with van der Waals surface area (Å²) in [5, 5.41) is 0. The van der Waals surface area contributed by atoms with Crippen molar-refractivity contribution >= 4 is 17.3 Å². The highest BCUT2D eigenvalue weighted by Crippen LogP contribution is 2.34. The molecule has 0 aliphatic carbocycles. The van der Waals surface area contributed by atoms with Gasteiger partial charge < -0.3 is 0 Å². The lowest BCUT2D eigenvalue weighted by Gasteiger charge is -2.28. The minimum atomic E-state index is -0.161. The van der Waals surface area contributed by atoms with Gasteiger partial charge in [0.1, 0.15) is 0 Å². The van der Waals surface area contributed by atoms with E-state index < -0.39 is 0 Å². The van der Waals surface area contributed by atoms with Crippen molar-refractivity contribution < 1.29 is 4.79 Å². The average Bonchev–Trinajstić information content (AvgIpc) is 2.85. The zero-order chi connectivity index (χ0) is 21.5. The molecule has 0 aliphatic rings. The van der Waals surface area contributed by atoms with Crippen LogP contribution >= 0.6 is 0 Å². The van der Waals surface area contributed by atoms with Crippen LogP contribution in [0.3, 0.4) is 0 Å². The van der Waals surface area contributed by atoms with E-state index in [2.05, 4.69) is 48.5 Å². The Kier molecular flexibility index (Phi) is 6.59. The molecule has 4 aromatic carbocycles. The van der Waals surface area contributed by atoms with Crippen LogP contribution in [0, 0.1) is 5.92 Å². The van der Waals surface area contributed by atoms with Gasteiger partial charge in [-0.3, -0.25) is 9.69 Å². The normalized spacial score (nSPS) is 11.8. The fourth-order valence-electron chi connectivity index (χ4n) is 4.07. The molecule has 0 radical (unpaired) electrons. The fourth-order valence-corrected chi connectivity index (χ4v) is 4.07. The lowest BCUT2D eigenvalue weighted by Crippen LogP contribution is -2.32. The molecule has 0 heterocycles. The van der Waals surface area contributed by atoms with Crippen LogP contribution in [0.15, 0.2) is 121 Å². The molecule has 4 rings (SSSR count). The summed E-state index contributed by atoms with van der Waals surface area (Å²) in [6.45, 7) is 2.04. The van der Waals surface area contributed by atoms with Gasteiger partial charge in [-0.2, -0.15) is 0 Å². The van der Waals surface area contributed by atoms with E-state index in [1.807, 2.05) is 84.6 Å². The second kappa shape index (κ2) is 9.90.